The lowest BCUT2D eigenvalue weighted by Crippen LogP contribution is -2.35. The summed E-state index contributed by atoms with van der Waals surface area (Å²) < 4.78 is 15.2. The van der Waals surface area contributed by atoms with E-state index in [4.69, 9.17) is 5.11 Å². The van der Waals surface area contributed by atoms with Crippen molar-refractivity contribution >= 4 is 5.91 Å². The first-order valence-corrected chi connectivity index (χ1v) is 8.89. The van der Waals surface area contributed by atoms with Crippen molar-refractivity contribution in [1.82, 2.24) is 9.47 Å². The molecule has 0 aliphatic carbocycles. The Morgan fingerprint density at radius 1 is 1.28 bits per heavy atom. The number of carbonyl (C=O) groups is 1. The van der Waals surface area contributed by atoms with Gasteiger partial charge in [-0.3, -0.25) is 4.79 Å². The zero-order valence-electron chi connectivity index (χ0n) is 14.8. The van der Waals surface area contributed by atoms with Crippen LogP contribution in [0.25, 0.3) is 5.69 Å². The van der Waals surface area contributed by atoms with Crippen LogP contribution in [0.15, 0.2) is 30.3 Å². The van der Waals surface area contributed by atoms with Crippen molar-refractivity contribution in [2.75, 3.05) is 13.2 Å². The van der Waals surface area contributed by atoms with Crippen LogP contribution in [0.5, 0.6) is 0 Å². The number of rotatable bonds is 5. The number of hydrogen-bond donors (Lipinski definition) is 1. The number of aliphatic hydroxyl groups excluding tert-OH is 1. The van der Waals surface area contributed by atoms with Gasteiger partial charge >= 0.3 is 0 Å². The minimum absolute atomic E-state index is 0.0573. The summed E-state index contributed by atoms with van der Waals surface area (Å²) in [5, 5.41) is 9.06. The van der Waals surface area contributed by atoms with Gasteiger partial charge in [0.15, 0.2) is 0 Å². The second-order valence-electron chi connectivity index (χ2n) is 6.76. The van der Waals surface area contributed by atoms with Crippen molar-refractivity contribution in [2.45, 2.75) is 45.6 Å². The quantitative estimate of drug-likeness (QED) is 0.901. The second kappa shape index (κ2) is 7.40. The van der Waals surface area contributed by atoms with Gasteiger partial charge in [-0.15, -0.1) is 0 Å². The molecule has 1 aromatic carbocycles. The summed E-state index contributed by atoms with van der Waals surface area (Å²) in [6.07, 6.45) is 3.59. The van der Waals surface area contributed by atoms with Gasteiger partial charge in [0.05, 0.1) is 5.56 Å². The zero-order valence-corrected chi connectivity index (χ0v) is 14.8. The Kier molecular flexibility index (Phi) is 5.23. The minimum atomic E-state index is -0.272. The third-order valence-corrected chi connectivity index (χ3v) is 5.08. The SMILES string of the molecule is Cc1cc(C(=O)N2CCCC2CCCO)c(C)n1-c1ccc(F)cc1. The van der Waals surface area contributed by atoms with E-state index in [0.717, 1.165) is 49.3 Å². The molecule has 0 radical (unpaired) electrons. The van der Waals surface area contributed by atoms with Crippen LogP contribution in [0.1, 0.15) is 47.4 Å². The number of aliphatic hydroxyl groups is 1. The number of hydrogen-bond acceptors (Lipinski definition) is 2. The molecular weight excluding hydrogens is 319 g/mol. The Balaban J connectivity index is 1.89. The number of amides is 1. The number of aryl methyl sites for hydroxylation is 1. The highest BCUT2D eigenvalue weighted by Crippen LogP contribution is 2.27. The molecule has 1 aliphatic rings. The summed E-state index contributed by atoms with van der Waals surface area (Å²) in [6.45, 7) is 4.83. The molecule has 2 aromatic rings. The van der Waals surface area contributed by atoms with Crippen molar-refractivity contribution in [2.24, 2.45) is 0 Å². The maximum atomic E-state index is 13.2. The van der Waals surface area contributed by atoms with Gasteiger partial charge < -0.3 is 14.6 Å². The molecule has 134 valence electrons. The lowest BCUT2D eigenvalue weighted by atomic mass is 10.1. The molecule has 1 fully saturated rings. The Morgan fingerprint density at radius 3 is 2.68 bits per heavy atom. The summed E-state index contributed by atoms with van der Waals surface area (Å²) >= 11 is 0. The Bertz CT molecular complexity index is 752. The molecule has 0 saturated carbocycles. The van der Waals surface area contributed by atoms with Crippen molar-refractivity contribution in [3.8, 4) is 5.69 Å². The van der Waals surface area contributed by atoms with Gasteiger partial charge in [-0.05, 0) is 69.9 Å². The van der Waals surface area contributed by atoms with Gasteiger partial charge in [-0.25, -0.2) is 4.39 Å². The van der Waals surface area contributed by atoms with Crippen molar-refractivity contribution in [3.05, 3.63) is 53.1 Å². The van der Waals surface area contributed by atoms with Crippen LogP contribution in [0, 0.1) is 19.7 Å². The molecule has 0 bridgehead atoms. The topological polar surface area (TPSA) is 45.5 Å². The molecule has 3 rings (SSSR count). The fraction of sp³-hybridized carbons (Fsp3) is 0.450. The standard InChI is InChI=1S/C20H25FN2O2/c1-14-13-19(15(2)23(14)18-9-7-16(21)8-10-18)20(25)22-11-3-5-17(22)6-4-12-24/h7-10,13,17,24H,3-6,11-12H2,1-2H3. The number of nitrogens with zero attached hydrogens (tertiary/aromatic N) is 2. The summed E-state index contributed by atoms with van der Waals surface area (Å²) in [4.78, 5) is 15.0. The molecule has 1 N–H and O–H groups in total. The molecule has 1 atom stereocenters. The molecule has 1 aliphatic heterocycles. The van der Waals surface area contributed by atoms with Crippen LogP contribution in [-0.2, 0) is 0 Å². The average molecular weight is 344 g/mol. The number of carbonyl (C=O) groups excluding carboxylic acids is 1. The molecule has 1 aromatic heterocycles. The molecule has 4 nitrogen and oxygen atoms in total. The van der Waals surface area contributed by atoms with E-state index in [1.165, 1.54) is 12.1 Å². The number of benzene rings is 1. The summed E-state index contributed by atoms with van der Waals surface area (Å²) in [5.74, 6) is -0.215. The van der Waals surface area contributed by atoms with Crippen molar-refractivity contribution in [3.63, 3.8) is 0 Å². The van der Waals surface area contributed by atoms with Crippen LogP contribution in [0.4, 0.5) is 4.39 Å². The fourth-order valence-corrected chi connectivity index (χ4v) is 3.85. The first kappa shape index (κ1) is 17.7. The number of aromatic nitrogens is 1. The van der Waals surface area contributed by atoms with E-state index in [0.29, 0.717) is 5.56 Å². The summed E-state index contributed by atoms with van der Waals surface area (Å²) in [5.41, 5.74) is 3.40. The summed E-state index contributed by atoms with van der Waals surface area (Å²) in [7, 11) is 0. The molecule has 25 heavy (non-hydrogen) atoms. The minimum Gasteiger partial charge on any atom is -0.396 e. The molecule has 5 heteroatoms. The Hall–Kier alpha value is -2.14. The van der Waals surface area contributed by atoms with Crippen molar-refractivity contribution < 1.29 is 14.3 Å². The van der Waals surface area contributed by atoms with Gasteiger partial charge in [-0.1, -0.05) is 0 Å². The maximum absolute atomic E-state index is 13.2. The van der Waals surface area contributed by atoms with Crippen LogP contribution >= 0.6 is 0 Å². The van der Waals surface area contributed by atoms with Crippen LogP contribution in [0.3, 0.4) is 0 Å². The van der Waals surface area contributed by atoms with E-state index < -0.39 is 0 Å². The van der Waals surface area contributed by atoms with E-state index in [1.807, 2.05) is 29.4 Å². The van der Waals surface area contributed by atoms with E-state index in [9.17, 15) is 9.18 Å². The van der Waals surface area contributed by atoms with Crippen LogP contribution in [-0.4, -0.2) is 39.7 Å². The molecule has 0 spiro atoms. The predicted molar refractivity (Wildman–Crippen MR) is 95.6 cm³/mol. The molecule has 1 unspecified atom stereocenters. The molecular formula is C20H25FN2O2. The highest BCUT2D eigenvalue weighted by Gasteiger charge is 2.30. The zero-order chi connectivity index (χ0) is 18.0. The van der Waals surface area contributed by atoms with Gasteiger partial charge in [0.2, 0.25) is 0 Å². The van der Waals surface area contributed by atoms with Gasteiger partial charge in [0, 0.05) is 36.3 Å². The normalized spacial score (nSPS) is 17.3. The Morgan fingerprint density at radius 2 is 2.00 bits per heavy atom. The monoisotopic (exact) mass is 344 g/mol. The Labute approximate surface area is 147 Å². The first-order valence-electron chi connectivity index (χ1n) is 8.89. The van der Waals surface area contributed by atoms with Crippen LogP contribution < -0.4 is 0 Å². The van der Waals surface area contributed by atoms with Crippen molar-refractivity contribution in [1.29, 1.82) is 0 Å². The second-order valence-corrected chi connectivity index (χ2v) is 6.76. The predicted octanol–water partition coefficient (Wildman–Crippen LogP) is 3.61. The lowest BCUT2D eigenvalue weighted by molar-refractivity contribution is 0.0723. The van der Waals surface area contributed by atoms with E-state index in [2.05, 4.69) is 0 Å². The van der Waals surface area contributed by atoms with Crippen LogP contribution in [0.2, 0.25) is 0 Å². The maximum Gasteiger partial charge on any atom is 0.255 e. The van der Waals surface area contributed by atoms with Gasteiger partial charge in [0.25, 0.3) is 5.91 Å². The third kappa shape index (κ3) is 3.47. The fourth-order valence-electron chi connectivity index (χ4n) is 3.85. The molecule has 1 saturated heterocycles. The highest BCUT2D eigenvalue weighted by atomic mass is 19.1. The smallest absolute Gasteiger partial charge is 0.255 e. The van der Waals surface area contributed by atoms with E-state index in [1.54, 1.807) is 12.1 Å². The highest BCUT2D eigenvalue weighted by molar-refractivity contribution is 5.96. The molecule has 2 heterocycles. The van der Waals surface area contributed by atoms with E-state index >= 15 is 0 Å². The third-order valence-electron chi connectivity index (χ3n) is 5.08. The van der Waals surface area contributed by atoms with Gasteiger partial charge in [-0.2, -0.15) is 0 Å². The largest absolute Gasteiger partial charge is 0.396 e. The first-order chi connectivity index (χ1) is 12.0. The number of halogens is 1. The van der Waals surface area contributed by atoms with E-state index in [-0.39, 0.29) is 24.4 Å². The lowest BCUT2D eigenvalue weighted by Gasteiger charge is -2.24. The molecule has 1 amide bonds. The van der Waals surface area contributed by atoms with Gasteiger partial charge in [0.1, 0.15) is 5.82 Å². The number of likely N-dealkylation sites (tertiary alicyclic amines) is 1. The average Bonchev–Trinajstić information content (AvgIpc) is 3.18. The summed E-state index contributed by atoms with van der Waals surface area (Å²) in [6, 6.07) is 8.45.